The Morgan fingerprint density at radius 2 is 1.69 bits per heavy atom. The molecule has 0 saturated heterocycles. The number of halogens is 3. The summed E-state index contributed by atoms with van der Waals surface area (Å²) in [4.78, 5) is 27.6. The van der Waals surface area contributed by atoms with Crippen LogP contribution in [0.4, 0.5) is 0 Å². The van der Waals surface area contributed by atoms with Crippen molar-refractivity contribution < 1.29 is 9.59 Å². The number of hydrogen-bond donors (Lipinski definition) is 1. The molecule has 0 unspecified atom stereocenters. The van der Waals surface area contributed by atoms with Gasteiger partial charge in [-0.15, -0.1) is 0 Å². The zero-order valence-electron chi connectivity index (χ0n) is 16.7. The lowest BCUT2D eigenvalue weighted by molar-refractivity contribution is -0.141. The molecule has 0 aromatic heterocycles. The zero-order valence-corrected chi connectivity index (χ0v) is 19.0. The lowest BCUT2D eigenvalue weighted by atomic mass is 10.1. The predicted molar refractivity (Wildman–Crippen MR) is 120 cm³/mol. The molecule has 0 aliphatic heterocycles. The van der Waals surface area contributed by atoms with Crippen molar-refractivity contribution in [3.63, 3.8) is 0 Å². The van der Waals surface area contributed by atoms with Crippen LogP contribution in [0.1, 0.15) is 38.3 Å². The Morgan fingerprint density at radius 3 is 2.28 bits per heavy atom. The van der Waals surface area contributed by atoms with Crippen LogP contribution in [0.25, 0.3) is 0 Å². The van der Waals surface area contributed by atoms with E-state index >= 15 is 0 Å². The van der Waals surface area contributed by atoms with Crippen LogP contribution in [0.5, 0.6) is 0 Å². The van der Waals surface area contributed by atoms with Gasteiger partial charge in [0.2, 0.25) is 11.8 Å². The van der Waals surface area contributed by atoms with Crippen LogP contribution in [0.2, 0.25) is 15.1 Å². The fraction of sp³-hybridized carbons (Fsp3) is 0.364. The third-order valence-corrected chi connectivity index (χ3v) is 5.56. The van der Waals surface area contributed by atoms with Gasteiger partial charge in [0.05, 0.1) is 16.5 Å². The first-order chi connectivity index (χ1) is 13.7. The van der Waals surface area contributed by atoms with Crippen LogP contribution >= 0.6 is 34.8 Å². The summed E-state index contributed by atoms with van der Waals surface area (Å²) in [6.45, 7) is 5.90. The molecule has 156 valence electrons. The van der Waals surface area contributed by atoms with Crippen LogP contribution in [0.15, 0.2) is 42.5 Å². The normalized spacial score (nSPS) is 12.0. The van der Waals surface area contributed by atoms with E-state index in [1.54, 1.807) is 29.2 Å². The zero-order chi connectivity index (χ0) is 21.6. The quantitative estimate of drug-likeness (QED) is 0.569. The van der Waals surface area contributed by atoms with Gasteiger partial charge in [0, 0.05) is 17.6 Å². The molecule has 0 spiro atoms. The SMILES string of the molecule is CC[C@@H](C(=O)NC(C)C)N(Cc1ccccc1Cl)C(=O)Cc1ccc(Cl)c(Cl)c1. The van der Waals surface area contributed by atoms with Crippen molar-refractivity contribution in [2.24, 2.45) is 0 Å². The standard InChI is InChI=1S/C22H25Cl3N2O2/c1-4-20(22(29)26-14(2)3)27(13-16-7-5-6-8-17(16)23)21(28)12-15-9-10-18(24)19(25)11-15/h5-11,14,20H,4,12-13H2,1-3H3,(H,26,29)/t20-/m0/s1. The van der Waals surface area contributed by atoms with Gasteiger partial charge in [-0.05, 0) is 49.6 Å². The fourth-order valence-corrected chi connectivity index (χ4v) is 3.55. The first-order valence-corrected chi connectivity index (χ1v) is 10.6. The van der Waals surface area contributed by atoms with Gasteiger partial charge >= 0.3 is 0 Å². The minimum atomic E-state index is -0.607. The second-order valence-electron chi connectivity index (χ2n) is 7.13. The molecule has 2 rings (SSSR count). The number of amides is 2. The number of nitrogens with one attached hydrogen (secondary N) is 1. The van der Waals surface area contributed by atoms with E-state index in [0.29, 0.717) is 21.5 Å². The highest BCUT2D eigenvalue weighted by molar-refractivity contribution is 6.42. The number of nitrogens with zero attached hydrogens (tertiary/aromatic N) is 1. The molecule has 0 aliphatic carbocycles. The molecule has 7 heteroatoms. The summed E-state index contributed by atoms with van der Waals surface area (Å²) >= 11 is 18.4. The van der Waals surface area contributed by atoms with Gasteiger partial charge in [0.15, 0.2) is 0 Å². The molecule has 0 fully saturated rings. The van der Waals surface area contributed by atoms with Gasteiger partial charge in [0.1, 0.15) is 6.04 Å². The lowest BCUT2D eigenvalue weighted by Gasteiger charge is -2.31. The first kappa shape index (κ1) is 23.5. The smallest absolute Gasteiger partial charge is 0.243 e. The molecule has 1 atom stereocenters. The molecule has 0 aliphatic rings. The number of rotatable bonds is 8. The topological polar surface area (TPSA) is 49.4 Å². The van der Waals surface area contributed by atoms with Crippen molar-refractivity contribution >= 4 is 46.6 Å². The van der Waals surface area contributed by atoms with Crippen LogP contribution in [0, 0.1) is 0 Å². The minimum Gasteiger partial charge on any atom is -0.352 e. The summed E-state index contributed by atoms with van der Waals surface area (Å²) in [6, 6.07) is 11.8. The van der Waals surface area contributed by atoms with E-state index in [9.17, 15) is 9.59 Å². The molecule has 0 bridgehead atoms. The van der Waals surface area contributed by atoms with Crippen molar-refractivity contribution in [3.8, 4) is 0 Å². The molecule has 0 saturated carbocycles. The van der Waals surface area contributed by atoms with E-state index in [-0.39, 0.29) is 30.8 Å². The number of carbonyl (C=O) groups excluding carboxylic acids is 2. The highest BCUT2D eigenvalue weighted by Crippen LogP contribution is 2.24. The minimum absolute atomic E-state index is 0.0242. The molecular weight excluding hydrogens is 431 g/mol. The van der Waals surface area contributed by atoms with E-state index in [4.69, 9.17) is 34.8 Å². The second-order valence-corrected chi connectivity index (χ2v) is 8.35. The van der Waals surface area contributed by atoms with E-state index in [1.807, 2.05) is 39.0 Å². The highest BCUT2D eigenvalue weighted by atomic mass is 35.5. The Kier molecular flexibility index (Phi) is 8.81. The molecular formula is C22H25Cl3N2O2. The van der Waals surface area contributed by atoms with Crippen LogP contribution in [0.3, 0.4) is 0 Å². The van der Waals surface area contributed by atoms with Crippen molar-refractivity contribution in [1.29, 1.82) is 0 Å². The number of carbonyl (C=O) groups is 2. The molecule has 2 aromatic carbocycles. The molecule has 4 nitrogen and oxygen atoms in total. The Hall–Kier alpha value is -1.75. The van der Waals surface area contributed by atoms with Crippen molar-refractivity contribution in [1.82, 2.24) is 10.2 Å². The lowest BCUT2D eigenvalue weighted by Crippen LogP contribution is -2.50. The van der Waals surface area contributed by atoms with Crippen LogP contribution in [-0.2, 0) is 22.6 Å². The summed E-state index contributed by atoms with van der Waals surface area (Å²) < 4.78 is 0. The second kappa shape index (κ2) is 10.9. The van der Waals surface area contributed by atoms with Crippen LogP contribution < -0.4 is 5.32 Å². The Labute approximate surface area is 187 Å². The van der Waals surface area contributed by atoms with Crippen LogP contribution in [-0.4, -0.2) is 28.8 Å². The van der Waals surface area contributed by atoms with Gasteiger partial charge in [0.25, 0.3) is 0 Å². The molecule has 29 heavy (non-hydrogen) atoms. The van der Waals surface area contributed by atoms with E-state index in [2.05, 4.69) is 5.32 Å². The predicted octanol–water partition coefficient (Wildman–Crippen LogP) is 5.52. The van der Waals surface area contributed by atoms with Gasteiger partial charge in [-0.25, -0.2) is 0 Å². The van der Waals surface area contributed by atoms with E-state index in [0.717, 1.165) is 11.1 Å². The molecule has 0 radical (unpaired) electrons. The third-order valence-electron chi connectivity index (χ3n) is 4.45. The average molecular weight is 456 g/mol. The summed E-state index contributed by atoms with van der Waals surface area (Å²) in [5.74, 6) is -0.369. The summed E-state index contributed by atoms with van der Waals surface area (Å²) in [5.41, 5.74) is 1.51. The largest absolute Gasteiger partial charge is 0.352 e. The maximum Gasteiger partial charge on any atom is 0.243 e. The van der Waals surface area contributed by atoms with Crippen molar-refractivity contribution in [2.75, 3.05) is 0 Å². The van der Waals surface area contributed by atoms with Crippen molar-refractivity contribution in [3.05, 3.63) is 68.7 Å². The third kappa shape index (κ3) is 6.63. The van der Waals surface area contributed by atoms with E-state index in [1.165, 1.54) is 0 Å². The Bertz CT molecular complexity index is 871. The Balaban J connectivity index is 2.33. The van der Waals surface area contributed by atoms with Gasteiger partial charge in [-0.3, -0.25) is 9.59 Å². The molecule has 2 amide bonds. The van der Waals surface area contributed by atoms with Gasteiger partial charge < -0.3 is 10.2 Å². The number of benzene rings is 2. The maximum absolute atomic E-state index is 13.2. The highest BCUT2D eigenvalue weighted by Gasteiger charge is 2.29. The first-order valence-electron chi connectivity index (χ1n) is 9.50. The summed E-state index contributed by atoms with van der Waals surface area (Å²) in [5, 5.41) is 4.28. The maximum atomic E-state index is 13.2. The van der Waals surface area contributed by atoms with Crippen molar-refractivity contribution in [2.45, 2.75) is 52.2 Å². The van der Waals surface area contributed by atoms with Gasteiger partial charge in [-0.2, -0.15) is 0 Å². The molecule has 0 heterocycles. The summed E-state index contributed by atoms with van der Waals surface area (Å²) in [6.07, 6.45) is 0.586. The monoisotopic (exact) mass is 454 g/mol. The van der Waals surface area contributed by atoms with Gasteiger partial charge in [-0.1, -0.05) is 66.0 Å². The Morgan fingerprint density at radius 1 is 1.00 bits per heavy atom. The average Bonchev–Trinajstić information content (AvgIpc) is 2.65. The number of hydrogen-bond acceptors (Lipinski definition) is 2. The summed E-state index contributed by atoms with van der Waals surface area (Å²) in [7, 11) is 0. The van der Waals surface area contributed by atoms with E-state index < -0.39 is 6.04 Å². The molecule has 1 N–H and O–H groups in total. The fourth-order valence-electron chi connectivity index (χ4n) is 3.04. The molecule has 2 aromatic rings.